The number of aromatic nitrogens is 2. The molecule has 1 aromatic carbocycles. The summed E-state index contributed by atoms with van der Waals surface area (Å²) in [4.78, 5) is 12.3. The summed E-state index contributed by atoms with van der Waals surface area (Å²) in [6, 6.07) is 7.38. The van der Waals surface area contributed by atoms with Crippen LogP contribution in [0.3, 0.4) is 0 Å². The number of carbonyl (C=O) groups excluding carboxylic acids is 1. The summed E-state index contributed by atoms with van der Waals surface area (Å²) < 4.78 is 13.4. The van der Waals surface area contributed by atoms with E-state index in [0.717, 1.165) is 30.6 Å². The molecule has 7 heteroatoms. The highest BCUT2D eigenvalue weighted by molar-refractivity contribution is 5.74. The first-order valence-electron chi connectivity index (χ1n) is 8.64. The van der Waals surface area contributed by atoms with Gasteiger partial charge in [-0.15, -0.1) is 0 Å². The Balaban J connectivity index is 1.31. The van der Waals surface area contributed by atoms with Crippen LogP contribution in [0.15, 0.2) is 30.5 Å². The minimum Gasteiger partial charge on any atom is -0.486 e. The molecule has 2 heterocycles. The molecule has 2 N–H and O–H groups in total. The van der Waals surface area contributed by atoms with E-state index >= 15 is 0 Å². The maximum Gasteiger partial charge on any atom is 0.315 e. The van der Waals surface area contributed by atoms with Gasteiger partial charge in [-0.2, -0.15) is 5.10 Å². The molecule has 4 rings (SSSR count). The highest BCUT2D eigenvalue weighted by atomic mass is 16.6. The van der Waals surface area contributed by atoms with E-state index in [0.29, 0.717) is 18.9 Å². The van der Waals surface area contributed by atoms with E-state index in [-0.39, 0.29) is 18.2 Å². The maximum absolute atomic E-state index is 12.3. The van der Waals surface area contributed by atoms with Gasteiger partial charge in [0.05, 0.1) is 18.8 Å². The van der Waals surface area contributed by atoms with Crippen LogP contribution in [0.2, 0.25) is 0 Å². The first kappa shape index (κ1) is 15.8. The number of fused-ring (bicyclic) bond motifs is 2. The van der Waals surface area contributed by atoms with Crippen LogP contribution in [0.25, 0.3) is 0 Å². The molecule has 0 unspecified atom stereocenters. The number of ether oxygens (including phenoxy) is 2. The number of benzene rings is 1. The molecule has 2 aromatic rings. The first-order chi connectivity index (χ1) is 12.2. The summed E-state index contributed by atoms with van der Waals surface area (Å²) >= 11 is 0. The minimum atomic E-state index is -0.194. The Hall–Kier alpha value is -2.70. The lowest BCUT2D eigenvalue weighted by Crippen LogP contribution is -2.45. The molecule has 2 atom stereocenters. The van der Waals surface area contributed by atoms with Crippen molar-refractivity contribution in [2.45, 2.75) is 31.4 Å². The third-order valence-electron chi connectivity index (χ3n) is 4.74. The zero-order valence-corrected chi connectivity index (χ0v) is 14.2. The van der Waals surface area contributed by atoms with Crippen molar-refractivity contribution in [3.8, 4) is 11.5 Å². The number of hydrogen-bond acceptors (Lipinski definition) is 4. The van der Waals surface area contributed by atoms with Gasteiger partial charge in [-0.25, -0.2) is 4.79 Å². The SMILES string of the molecule is Cn1ncc2c1CCC[C@H]2NC(=O)NC[C@H]1COc2ccccc2O1. The molecule has 7 nitrogen and oxygen atoms in total. The lowest BCUT2D eigenvalue weighted by Gasteiger charge is -2.27. The molecule has 2 amide bonds. The molecule has 1 aliphatic heterocycles. The van der Waals surface area contributed by atoms with Gasteiger partial charge in [0.25, 0.3) is 0 Å². The van der Waals surface area contributed by atoms with Crippen molar-refractivity contribution in [3.05, 3.63) is 41.7 Å². The third-order valence-corrected chi connectivity index (χ3v) is 4.74. The fraction of sp³-hybridized carbons (Fsp3) is 0.444. The Morgan fingerprint density at radius 1 is 1.36 bits per heavy atom. The lowest BCUT2D eigenvalue weighted by atomic mass is 9.93. The van der Waals surface area contributed by atoms with Crippen molar-refractivity contribution in [2.24, 2.45) is 7.05 Å². The number of amides is 2. The zero-order chi connectivity index (χ0) is 17.2. The highest BCUT2D eigenvalue weighted by Gasteiger charge is 2.26. The molecule has 25 heavy (non-hydrogen) atoms. The first-order valence-corrected chi connectivity index (χ1v) is 8.64. The third kappa shape index (κ3) is 3.26. The van der Waals surface area contributed by atoms with E-state index in [1.807, 2.05) is 42.2 Å². The topological polar surface area (TPSA) is 77.4 Å². The molecule has 132 valence electrons. The van der Waals surface area contributed by atoms with Crippen LogP contribution in [-0.4, -0.2) is 35.1 Å². The molecule has 1 aromatic heterocycles. The number of para-hydroxylation sites is 2. The van der Waals surface area contributed by atoms with E-state index in [4.69, 9.17) is 9.47 Å². The van der Waals surface area contributed by atoms with Crippen LogP contribution in [0.4, 0.5) is 4.79 Å². The Bertz CT molecular complexity index is 773. The summed E-state index contributed by atoms with van der Waals surface area (Å²) in [6.07, 6.45) is 4.66. The van der Waals surface area contributed by atoms with E-state index in [9.17, 15) is 4.79 Å². The van der Waals surface area contributed by atoms with Crippen LogP contribution < -0.4 is 20.1 Å². The van der Waals surface area contributed by atoms with Crippen molar-refractivity contribution in [2.75, 3.05) is 13.2 Å². The second kappa shape index (κ2) is 6.66. The average Bonchev–Trinajstić information content (AvgIpc) is 3.02. The van der Waals surface area contributed by atoms with Crippen LogP contribution in [-0.2, 0) is 13.5 Å². The second-order valence-corrected chi connectivity index (χ2v) is 6.47. The van der Waals surface area contributed by atoms with Crippen LogP contribution in [0.5, 0.6) is 11.5 Å². The molecule has 0 bridgehead atoms. The van der Waals surface area contributed by atoms with Crippen LogP contribution in [0, 0.1) is 0 Å². The number of hydrogen-bond donors (Lipinski definition) is 2. The smallest absolute Gasteiger partial charge is 0.315 e. The molecular formula is C18H22N4O3. The van der Waals surface area contributed by atoms with Crippen LogP contribution >= 0.6 is 0 Å². The van der Waals surface area contributed by atoms with Crippen molar-refractivity contribution < 1.29 is 14.3 Å². The Labute approximate surface area is 146 Å². The number of aryl methyl sites for hydroxylation is 1. The molecule has 0 fully saturated rings. The predicted octanol–water partition coefficient (Wildman–Crippen LogP) is 1.94. The standard InChI is InChI=1S/C18H22N4O3/c1-22-15-6-4-5-14(13(15)10-20-22)21-18(23)19-9-12-11-24-16-7-2-3-8-17(16)25-12/h2-3,7-8,10,12,14H,4-6,9,11H2,1H3,(H2,19,21,23)/t12-,14+/m0/s1. The van der Waals surface area contributed by atoms with Gasteiger partial charge in [-0.3, -0.25) is 4.68 Å². The number of carbonyl (C=O) groups is 1. The van der Waals surface area contributed by atoms with E-state index in [2.05, 4.69) is 15.7 Å². The van der Waals surface area contributed by atoms with Crippen molar-refractivity contribution in [1.29, 1.82) is 0 Å². The summed E-state index contributed by atoms with van der Waals surface area (Å²) in [5, 5.41) is 10.2. The normalized spacial score (nSPS) is 21.3. The van der Waals surface area contributed by atoms with Gasteiger partial charge in [0, 0.05) is 18.3 Å². The quantitative estimate of drug-likeness (QED) is 0.894. The fourth-order valence-electron chi connectivity index (χ4n) is 3.44. The van der Waals surface area contributed by atoms with Gasteiger partial charge in [-0.1, -0.05) is 12.1 Å². The summed E-state index contributed by atoms with van der Waals surface area (Å²) in [6.45, 7) is 0.820. The minimum absolute atomic E-state index is 0.0155. The summed E-state index contributed by atoms with van der Waals surface area (Å²) in [5.74, 6) is 1.46. The largest absolute Gasteiger partial charge is 0.486 e. The average molecular weight is 342 g/mol. The number of nitrogens with zero attached hydrogens (tertiary/aromatic N) is 2. The van der Waals surface area contributed by atoms with Crippen molar-refractivity contribution in [1.82, 2.24) is 20.4 Å². The van der Waals surface area contributed by atoms with Crippen molar-refractivity contribution >= 4 is 6.03 Å². The van der Waals surface area contributed by atoms with Gasteiger partial charge in [-0.05, 0) is 31.4 Å². The molecule has 1 aliphatic carbocycles. The molecule has 2 aliphatic rings. The highest BCUT2D eigenvalue weighted by Crippen LogP contribution is 2.31. The van der Waals surface area contributed by atoms with Gasteiger partial charge in [0.2, 0.25) is 0 Å². The second-order valence-electron chi connectivity index (χ2n) is 6.47. The van der Waals surface area contributed by atoms with Gasteiger partial charge in [0.15, 0.2) is 17.6 Å². The monoisotopic (exact) mass is 342 g/mol. The summed E-state index contributed by atoms with van der Waals surface area (Å²) in [5.41, 5.74) is 2.33. The zero-order valence-electron chi connectivity index (χ0n) is 14.2. The van der Waals surface area contributed by atoms with Crippen molar-refractivity contribution in [3.63, 3.8) is 0 Å². The fourth-order valence-corrected chi connectivity index (χ4v) is 3.44. The Kier molecular flexibility index (Phi) is 4.21. The van der Waals surface area contributed by atoms with Gasteiger partial charge < -0.3 is 20.1 Å². The summed E-state index contributed by atoms with van der Waals surface area (Å²) in [7, 11) is 1.94. The van der Waals surface area contributed by atoms with E-state index < -0.39 is 0 Å². The number of urea groups is 1. The van der Waals surface area contributed by atoms with E-state index in [1.54, 1.807) is 0 Å². The molecule has 0 saturated heterocycles. The van der Waals surface area contributed by atoms with Gasteiger partial charge in [0.1, 0.15) is 6.61 Å². The predicted molar refractivity (Wildman–Crippen MR) is 91.8 cm³/mol. The molecule has 0 spiro atoms. The Morgan fingerprint density at radius 3 is 3.08 bits per heavy atom. The van der Waals surface area contributed by atoms with Gasteiger partial charge >= 0.3 is 6.03 Å². The molecule has 0 radical (unpaired) electrons. The lowest BCUT2D eigenvalue weighted by molar-refractivity contribution is 0.0917. The molecular weight excluding hydrogens is 320 g/mol. The number of nitrogens with one attached hydrogen (secondary N) is 2. The van der Waals surface area contributed by atoms with E-state index in [1.165, 1.54) is 5.69 Å². The maximum atomic E-state index is 12.3. The molecule has 0 saturated carbocycles. The van der Waals surface area contributed by atoms with Crippen LogP contribution in [0.1, 0.15) is 30.1 Å². The number of rotatable bonds is 3. The Morgan fingerprint density at radius 2 is 2.20 bits per heavy atom.